The maximum Gasteiger partial charge on any atom is 0.236 e. The van der Waals surface area contributed by atoms with Gasteiger partial charge in [-0.3, -0.25) is 0 Å². The molecular weight excluding hydrogens is 220 g/mol. The molecular formula is C12H16N2OS. The zero-order valence-corrected chi connectivity index (χ0v) is 10.6. The van der Waals surface area contributed by atoms with Gasteiger partial charge >= 0.3 is 0 Å². The number of nitrogens with zero attached hydrogens (tertiary/aromatic N) is 1. The van der Waals surface area contributed by atoms with Gasteiger partial charge in [-0.1, -0.05) is 6.07 Å². The highest BCUT2D eigenvalue weighted by Gasteiger charge is 2.11. The summed E-state index contributed by atoms with van der Waals surface area (Å²) in [5.41, 5.74) is 1.04. The number of hydrogen-bond acceptors (Lipinski definition) is 4. The fourth-order valence-electron chi connectivity index (χ4n) is 1.26. The first-order valence-electron chi connectivity index (χ1n) is 5.28. The number of hydrogen-bond donors (Lipinski definition) is 1. The quantitative estimate of drug-likeness (QED) is 0.888. The topological polar surface area (TPSA) is 38.1 Å². The molecule has 0 aliphatic rings. The number of nitrogens with one attached hydrogen (secondary N) is 1. The minimum absolute atomic E-state index is 0.0993. The first kappa shape index (κ1) is 11.4. The minimum atomic E-state index is 0.0993. The highest BCUT2D eigenvalue weighted by Crippen LogP contribution is 2.23. The van der Waals surface area contributed by atoms with E-state index in [0.29, 0.717) is 5.89 Å². The van der Waals surface area contributed by atoms with Crippen LogP contribution in [0, 0.1) is 0 Å². The molecule has 2 rings (SSSR count). The Kier molecular flexibility index (Phi) is 3.12. The van der Waals surface area contributed by atoms with E-state index in [1.807, 2.05) is 17.5 Å². The summed E-state index contributed by atoms with van der Waals surface area (Å²) in [6, 6.07) is 4.01. The van der Waals surface area contributed by atoms with Gasteiger partial charge in [-0.15, -0.1) is 11.3 Å². The van der Waals surface area contributed by atoms with E-state index in [4.69, 9.17) is 4.42 Å². The molecule has 0 spiro atoms. The van der Waals surface area contributed by atoms with Gasteiger partial charge in [0.1, 0.15) is 6.26 Å². The van der Waals surface area contributed by atoms with Crippen LogP contribution >= 0.6 is 11.3 Å². The van der Waals surface area contributed by atoms with E-state index in [0.717, 1.165) is 17.1 Å². The zero-order chi connectivity index (χ0) is 11.6. The molecule has 0 bridgehead atoms. The lowest BCUT2D eigenvalue weighted by atomic mass is 10.1. The van der Waals surface area contributed by atoms with Crippen molar-refractivity contribution < 1.29 is 4.42 Å². The molecule has 0 aliphatic heterocycles. The maximum absolute atomic E-state index is 5.43. The third-order valence-electron chi connectivity index (χ3n) is 2.08. The second-order valence-electron chi connectivity index (χ2n) is 4.72. The Labute approximate surface area is 99.5 Å². The molecule has 0 aliphatic carbocycles. The number of thiophene rings is 1. The van der Waals surface area contributed by atoms with E-state index in [9.17, 15) is 0 Å². The van der Waals surface area contributed by atoms with Gasteiger partial charge in [0.15, 0.2) is 0 Å². The minimum Gasteiger partial charge on any atom is -0.444 e. The molecule has 0 fully saturated rings. The molecule has 1 N–H and O–H groups in total. The molecule has 4 heteroatoms. The molecule has 0 atom stereocenters. The molecule has 2 aromatic heterocycles. The highest BCUT2D eigenvalue weighted by atomic mass is 32.1. The summed E-state index contributed by atoms with van der Waals surface area (Å²) in [7, 11) is 0. The number of rotatable bonds is 3. The summed E-state index contributed by atoms with van der Waals surface area (Å²) in [5.74, 6) is 0.709. The summed E-state index contributed by atoms with van der Waals surface area (Å²) in [4.78, 5) is 5.51. The van der Waals surface area contributed by atoms with Gasteiger partial charge in [-0.2, -0.15) is 0 Å². The van der Waals surface area contributed by atoms with Gasteiger partial charge < -0.3 is 9.73 Å². The molecule has 0 aromatic carbocycles. The van der Waals surface area contributed by atoms with Gasteiger partial charge in [0.2, 0.25) is 5.89 Å². The van der Waals surface area contributed by atoms with E-state index >= 15 is 0 Å². The van der Waals surface area contributed by atoms with Crippen LogP contribution in [0.5, 0.6) is 0 Å². The van der Waals surface area contributed by atoms with E-state index in [2.05, 4.69) is 31.1 Å². The lowest BCUT2D eigenvalue weighted by Gasteiger charge is -2.19. The van der Waals surface area contributed by atoms with Crippen LogP contribution in [0.2, 0.25) is 0 Å². The summed E-state index contributed by atoms with van der Waals surface area (Å²) >= 11 is 1.64. The van der Waals surface area contributed by atoms with Crippen LogP contribution in [0.4, 0.5) is 0 Å². The van der Waals surface area contributed by atoms with Crippen molar-refractivity contribution >= 4 is 11.3 Å². The molecule has 0 unspecified atom stereocenters. The van der Waals surface area contributed by atoms with Gasteiger partial charge in [0.05, 0.1) is 10.6 Å². The fourth-order valence-corrected chi connectivity index (χ4v) is 1.91. The fraction of sp³-hybridized carbons (Fsp3) is 0.417. The molecule has 3 nitrogen and oxygen atoms in total. The molecule has 0 radical (unpaired) electrons. The van der Waals surface area contributed by atoms with Crippen LogP contribution in [-0.4, -0.2) is 10.5 Å². The zero-order valence-electron chi connectivity index (χ0n) is 9.78. The molecule has 2 heterocycles. The average molecular weight is 236 g/mol. The molecule has 2 aromatic rings. The van der Waals surface area contributed by atoms with E-state index in [-0.39, 0.29) is 5.54 Å². The highest BCUT2D eigenvalue weighted by molar-refractivity contribution is 7.13. The average Bonchev–Trinajstić information content (AvgIpc) is 2.84. The Bertz CT molecular complexity index is 440. The first-order valence-corrected chi connectivity index (χ1v) is 6.16. The Morgan fingerprint density at radius 1 is 1.44 bits per heavy atom. The summed E-state index contributed by atoms with van der Waals surface area (Å²) in [5, 5.41) is 5.40. The predicted octanol–water partition coefficient (Wildman–Crippen LogP) is 3.29. The monoisotopic (exact) mass is 236 g/mol. The van der Waals surface area contributed by atoms with Gasteiger partial charge in [-0.25, -0.2) is 4.98 Å². The third-order valence-corrected chi connectivity index (χ3v) is 2.94. The summed E-state index contributed by atoms with van der Waals surface area (Å²) < 4.78 is 5.43. The van der Waals surface area contributed by atoms with Crippen LogP contribution in [0.3, 0.4) is 0 Å². The van der Waals surface area contributed by atoms with Crippen LogP contribution < -0.4 is 5.32 Å². The summed E-state index contributed by atoms with van der Waals surface area (Å²) in [6.07, 6.45) is 1.72. The van der Waals surface area contributed by atoms with Crippen LogP contribution in [0.25, 0.3) is 10.8 Å². The lowest BCUT2D eigenvalue weighted by Crippen LogP contribution is -2.35. The SMILES string of the molecule is CC(C)(C)NCc1coc(-c2cccs2)n1. The lowest BCUT2D eigenvalue weighted by molar-refractivity contribution is 0.421. The van der Waals surface area contributed by atoms with Crippen molar-refractivity contribution in [3.63, 3.8) is 0 Å². The van der Waals surface area contributed by atoms with Crippen LogP contribution in [-0.2, 0) is 6.54 Å². The van der Waals surface area contributed by atoms with Crippen LogP contribution in [0.1, 0.15) is 26.5 Å². The summed E-state index contributed by atoms with van der Waals surface area (Å²) in [6.45, 7) is 7.13. The van der Waals surface area contributed by atoms with Gasteiger partial charge in [-0.05, 0) is 32.2 Å². The predicted molar refractivity (Wildman–Crippen MR) is 66.4 cm³/mol. The molecule has 0 saturated heterocycles. The van der Waals surface area contributed by atoms with Crippen molar-refractivity contribution in [2.75, 3.05) is 0 Å². The van der Waals surface area contributed by atoms with E-state index in [1.54, 1.807) is 17.6 Å². The van der Waals surface area contributed by atoms with Crippen molar-refractivity contribution in [2.45, 2.75) is 32.9 Å². The standard InChI is InChI=1S/C12H16N2OS/c1-12(2,3)13-7-9-8-15-11(14-9)10-5-4-6-16-10/h4-6,8,13H,7H2,1-3H3. The van der Waals surface area contributed by atoms with Crippen molar-refractivity contribution in [3.05, 3.63) is 29.5 Å². The van der Waals surface area contributed by atoms with Crippen molar-refractivity contribution in [3.8, 4) is 10.8 Å². The largest absolute Gasteiger partial charge is 0.444 e. The number of oxazole rings is 1. The molecule has 16 heavy (non-hydrogen) atoms. The normalized spacial score (nSPS) is 11.9. The van der Waals surface area contributed by atoms with Crippen molar-refractivity contribution in [1.82, 2.24) is 10.3 Å². The third kappa shape index (κ3) is 2.93. The molecule has 86 valence electrons. The van der Waals surface area contributed by atoms with Crippen LogP contribution in [0.15, 0.2) is 28.2 Å². The Hall–Kier alpha value is -1.13. The Morgan fingerprint density at radius 3 is 2.88 bits per heavy atom. The smallest absolute Gasteiger partial charge is 0.236 e. The first-order chi connectivity index (χ1) is 7.54. The second-order valence-corrected chi connectivity index (χ2v) is 5.67. The molecule has 0 amide bonds. The van der Waals surface area contributed by atoms with Crippen molar-refractivity contribution in [2.24, 2.45) is 0 Å². The Morgan fingerprint density at radius 2 is 2.25 bits per heavy atom. The van der Waals surface area contributed by atoms with Crippen molar-refractivity contribution in [1.29, 1.82) is 0 Å². The molecule has 0 saturated carbocycles. The van der Waals surface area contributed by atoms with Gasteiger partial charge in [0, 0.05) is 12.1 Å². The maximum atomic E-state index is 5.43. The van der Waals surface area contributed by atoms with Gasteiger partial charge in [0.25, 0.3) is 0 Å². The number of aromatic nitrogens is 1. The second kappa shape index (κ2) is 4.39. The van der Waals surface area contributed by atoms with E-state index in [1.165, 1.54) is 0 Å². The van der Waals surface area contributed by atoms with E-state index < -0.39 is 0 Å². The Balaban J connectivity index is 2.03.